The van der Waals surface area contributed by atoms with Crippen LogP contribution >= 0.6 is 0 Å². The highest BCUT2D eigenvalue weighted by atomic mass is 16.5. The third-order valence-electron chi connectivity index (χ3n) is 15.0. The van der Waals surface area contributed by atoms with E-state index in [9.17, 15) is 0 Å². The summed E-state index contributed by atoms with van der Waals surface area (Å²) >= 11 is 0. The van der Waals surface area contributed by atoms with Crippen molar-refractivity contribution < 1.29 is 9.15 Å². The first-order valence-corrected chi connectivity index (χ1v) is 21.6. The first kappa shape index (κ1) is 33.0. The van der Waals surface area contributed by atoms with Crippen molar-refractivity contribution in [1.82, 2.24) is 0 Å². The highest BCUT2D eigenvalue weighted by Crippen LogP contribution is 2.93. The Bertz CT molecular complexity index is 3320. The number of hydrogen-bond acceptors (Lipinski definition) is 2. The van der Waals surface area contributed by atoms with Gasteiger partial charge in [-0.1, -0.05) is 140 Å². The fourth-order valence-corrected chi connectivity index (χ4v) is 12.5. The van der Waals surface area contributed by atoms with E-state index in [0.29, 0.717) is 17.8 Å². The van der Waals surface area contributed by atoms with Crippen LogP contribution in [-0.4, -0.2) is 0 Å². The van der Waals surface area contributed by atoms with Crippen LogP contribution in [0.15, 0.2) is 192 Å². The summed E-state index contributed by atoms with van der Waals surface area (Å²) in [5.41, 5.74) is 20.6. The highest BCUT2D eigenvalue weighted by Gasteiger charge is 2.90. The largest absolute Gasteiger partial charge is 0.457 e. The zero-order valence-electron chi connectivity index (χ0n) is 33.3. The van der Waals surface area contributed by atoms with Gasteiger partial charge in [0.25, 0.3) is 0 Å². The van der Waals surface area contributed by atoms with Crippen LogP contribution in [-0.2, 0) is 10.8 Å². The summed E-state index contributed by atoms with van der Waals surface area (Å²) in [5.74, 6) is 3.94. The maximum Gasteiger partial charge on any atom is 0.135 e. The summed E-state index contributed by atoms with van der Waals surface area (Å²) < 4.78 is 13.2. The van der Waals surface area contributed by atoms with E-state index in [1.807, 2.05) is 12.1 Å². The molecule has 284 valence electrons. The Hall–Kier alpha value is -6.90. The number of fused-ring (bicyclic) bond motifs is 6. The van der Waals surface area contributed by atoms with Gasteiger partial charge in [0.05, 0.1) is 5.41 Å². The van der Waals surface area contributed by atoms with Gasteiger partial charge in [0.1, 0.15) is 22.7 Å². The molecule has 8 aromatic rings. The van der Waals surface area contributed by atoms with Crippen molar-refractivity contribution in [2.75, 3.05) is 0 Å². The van der Waals surface area contributed by atoms with Crippen molar-refractivity contribution in [3.05, 3.63) is 221 Å². The van der Waals surface area contributed by atoms with Gasteiger partial charge in [-0.05, 0) is 152 Å². The molecular formula is C58H40O2. The normalized spacial score (nSPS) is 24.3. The molecule has 60 heavy (non-hydrogen) atoms. The number of allylic oxidation sites excluding steroid dienone is 8. The molecule has 0 N–H and O–H groups in total. The summed E-state index contributed by atoms with van der Waals surface area (Å²) in [5, 5.41) is 2.31. The van der Waals surface area contributed by atoms with Crippen molar-refractivity contribution in [3.8, 4) is 44.9 Å². The summed E-state index contributed by atoms with van der Waals surface area (Å²) in [6, 6.07) is 53.6. The molecule has 8 aliphatic rings. The van der Waals surface area contributed by atoms with Gasteiger partial charge in [-0.15, -0.1) is 0 Å². The second-order valence-corrected chi connectivity index (χ2v) is 17.8. The molecule has 8 aliphatic carbocycles. The van der Waals surface area contributed by atoms with Gasteiger partial charge in [0.2, 0.25) is 0 Å². The lowest BCUT2D eigenvalue weighted by molar-refractivity contribution is 0.449. The van der Waals surface area contributed by atoms with E-state index in [0.717, 1.165) is 39.0 Å². The fraction of sp³-hybridized carbons (Fsp3) is 0.138. The lowest BCUT2D eigenvalue weighted by Gasteiger charge is -2.32. The summed E-state index contributed by atoms with van der Waals surface area (Å²) in [6.45, 7) is 2.15. The van der Waals surface area contributed by atoms with Crippen molar-refractivity contribution in [2.45, 2.75) is 30.6 Å². The monoisotopic (exact) mass is 768 g/mol. The molecule has 2 spiro atoms. The standard InChI is InChI=1S/C52H32O2.C6H8/c1-28-9-2-6-15-42(28)53-45-24-22-36-34-19-17-32(30-11-8-10-29(25-30)31-18-23-44-39(26-31)35-13-4-7-16-43(35)54-44)27-41(34)51-40-14-5-3-12-33(40)37-20-21-38-47-48(38)52(47,50(37)51)49(45)46(36)51;1-2-4-6-5-3-1/h2-27,38,47-48H,1H3;1-4H,5-6H2. The van der Waals surface area contributed by atoms with E-state index in [1.165, 1.54) is 79.6 Å². The molecule has 0 saturated heterocycles. The lowest BCUT2D eigenvalue weighted by Crippen LogP contribution is -2.29. The number of hydrogen-bond donors (Lipinski definition) is 0. The third-order valence-corrected chi connectivity index (χ3v) is 15.0. The number of ether oxygens (including phenoxy) is 1. The Labute approximate surface area is 349 Å². The van der Waals surface area contributed by atoms with Crippen LogP contribution in [0.5, 0.6) is 11.5 Å². The second-order valence-electron chi connectivity index (χ2n) is 17.8. The first-order chi connectivity index (χ1) is 29.7. The van der Waals surface area contributed by atoms with Crippen LogP contribution in [0.2, 0.25) is 0 Å². The molecule has 0 amide bonds. The molecule has 2 nitrogen and oxygen atoms in total. The van der Waals surface area contributed by atoms with E-state index >= 15 is 0 Å². The topological polar surface area (TPSA) is 22.4 Å². The van der Waals surface area contributed by atoms with Crippen molar-refractivity contribution in [1.29, 1.82) is 0 Å². The van der Waals surface area contributed by atoms with E-state index in [2.05, 4.69) is 177 Å². The van der Waals surface area contributed by atoms with E-state index in [-0.39, 0.29) is 10.8 Å². The lowest BCUT2D eigenvalue weighted by atomic mass is 9.69. The van der Waals surface area contributed by atoms with Crippen LogP contribution in [0, 0.1) is 24.7 Å². The maximum absolute atomic E-state index is 7.01. The average Bonchev–Trinajstić information content (AvgIpc) is 4.08. The Balaban J connectivity index is 0.000000549. The second kappa shape index (κ2) is 11.6. The van der Waals surface area contributed by atoms with E-state index in [1.54, 1.807) is 5.57 Å². The van der Waals surface area contributed by atoms with Gasteiger partial charge >= 0.3 is 0 Å². The average molecular weight is 769 g/mol. The minimum Gasteiger partial charge on any atom is -0.457 e. The Morgan fingerprint density at radius 2 is 1.27 bits per heavy atom. The third kappa shape index (κ3) is 4.04. The molecule has 0 aliphatic heterocycles. The Kier molecular flexibility index (Phi) is 6.40. The number of rotatable bonds is 4. The van der Waals surface area contributed by atoms with Gasteiger partial charge < -0.3 is 9.15 Å². The summed E-state index contributed by atoms with van der Waals surface area (Å²) in [6.07, 6.45) is 16.0. The number of benzene rings is 7. The van der Waals surface area contributed by atoms with Crippen molar-refractivity contribution in [3.63, 3.8) is 0 Å². The minimum absolute atomic E-state index is 0.0232. The van der Waals surface area contributed by atoms with Gasteiger partial charge in [-0.2, -0.15) is 0 Å². The molecule has 1 aromatic heterocycles. The van der Waals surface area contributed by atoms with Gasteiger partial charge in [-0.3, -0.25) is 0 Å². The van der Waals surface area contributed by atoms with E-state index in [4.69, 9.17) is 9.15 Å². The molecule has 1 heterocycles. The zero-order chi connectivity index (χ0) is 39.3. The predicted octanol–water partition coefficient (Wildman–Crippen LogP) is 14.7. The molecule has 2 bridgehead atoms. The molecule has 2 heteroatoms. The summed E-state index contributed by atoms with van der Waals surface area (Å²) in [4.78, 5) is 0. The maximum atomic E-state index is 7.01. The van der Waals surface area contributed by atoms with Crippen LogP contribution < -0.4 is 4.74 Å². The van der Waals surface area contributed by atoms with Crippen LogP contribution in [0.3, 0.4) is 0 Å². The highest BCUT2D eigenvalue weighted by molar-refractivity contribution is 6.07. The number of para-hydroxylation sites is 2. The van der Waals surface area contributed by atoms with Crippen LogP contribution in [0.25, 0.3) is 60.9 Å². The molecule has 0 radical (unpaired) electrons. The first-order valence-electron chi connectivity index (χ1n) is 21.6. The van der Waals surface area contributed by atoms with Crippen molar-refractivity contribution >= 4 is 27.5 Å². The molecule has 2 fully saturated rings. The van der Waals surface area contributed by atoms with Crippen molar-refractivity contribution in [2.24, 2.45) is 17.8 Å². The Morgan fingerprint density at radius 3 is 2.10 bits per heavy atom. The smallest absolute Gasteiger partial charge is 0.135 e. The van der Waals surface area contributed by atoms with E-state index < -0.39 is 0 Å². The van der Waals surface area contributed by atoms with Crippen LogP contribution in [0.4, 0.5) is 0 Å². The van der Waals surface area contributed by atoms with Crippen LogP contribution in [0.1, 0.15) is 46.2 Å². The predicted molar refractivity (Wildman–Crippen MR) is 243 cm³/mol. The Morgan fingerprint density at radius 1 is 0.550 bits per heavy atom. The fourth-order valence-electron chi connectivity index (χ4n) is 12.5. The zero-order valence-corrected chi connectivity index (χ0v) is 33.3. The molecule has 3 atom stereocenters. The molecular weight excluding hydrogens is 729 g/mol. The quantitative estimate of drug-likeness (QED) is 0.178. The van der Waals surface area contributed by atoms with Gasteiger partial charge in [0.15, 0.2) is 0 Å². The van der Waals surface area contributed by atoms with Gasteiger partial charge in [0, 0.05) is 21.8 Å². The molecule has 3 unspecified atom stereocenters. The number of aryl methyl sites for hydroxylation is 1. The molecule has 16 rings (SSSR count). The SMILES string of the molecule is C1=CCCC=C1.Cc1ccccc1Oc1ccc2c3c1C14C5=C(C=CC6C1C64)c1ccccc1C53c1cc(-c3cccc(-c4ccc5oc6ccccc6c5c4)c3)ccc1-2. The molecule has 7 aromatic carbocycles. The summed E-state index contributed by atoms with van der Waals surface area (Å²) in [7, 11) is 0. The number of furan rings is 1. The minimum atomic E-state index is -0.329. The molecule has 2 saturated carbocycles. The van der Waals surface area contributed by atoms with Gasteiger partial charge in [-0.25, -0.2) is 0 Å².